The second kappa shape index (κ2) is 5.81. The van der Waals surface area contributed by atoms with E-state index >= 15 is 0 Å². The predicted octanol–water partition coefficient (Wildman–Crippen LogP) is -0.968. The minimum absolute atomic E-state index is 0.0694. The molecule has 0 aliphatic carbocycles. The molecule has 0 aromatic rings. The number of β-amino-alcohol motifs (C(OH)–C–C–N with tert-alkyl or cyclic N) is 1. The molecule has 16 heavy (non-hydrogen) atoms. The number of carbonyl (C=O) groups is 2. The maximum Gasteiger partial charge on any atom is 0.306 e. The number of hydrogen-bond donors (Lipinski definition) is 3. The topological polar surface area (TPSA) is 89.9 Å². The van der Waals surface area contributed by atoms with Gasteiger partial charge in [0.25, 0.3) is 0 Å². The molecule has 1 saturated heterocycles. The Balaban J connectivity index is 2.46. The SMILES string of the molecule is CNC(=O)C1CCCN1CC(O)CC(=O)O. The van der Waals surface area contributed by atoms with Crippen molar-refractivity contribution in [1.82, 2.24) is 10.2 Å². The van der Waals surface area contributed by atoms with Gasteiger partial charge in [-0.15, -0.1) is 0 Å². The zero-order chi connectivity index (χ0) is 12.1. The molecule has 0 spiro atoms. The summed E-state index contributed by atoms with van der Waals surface area (Å²) in [7, 11) is 1.58. The van der Waals surface area contributed by atoms with Crippen molar-refractivity contribution in [2.45, 2.75) is 31.4 Å². The van der Waals surface area contributed by atoms with Gasteiger partial charge >= 0.3 is 5.97 Å². The summed E-state index contributed by atoms with van der Waals surface area (Å²) < 4.78 is 0. The summed E-state index contributed by atoms with van der Waals surface area (Å²) in [4.78, 5) is 23.7. The Morgan fingerprint density at radius 1 is 1.56 bits per heavy atom. The third kappa shape index (κ3) is 3.46. The lowest BCUT2D eigenvalue weighted by Crippen LogP contribution is -2.45. The fourth-order valence-electron chi connectivity index (χ4n) is 2.05. The van der Waals surface area contributed by atoms with E-state index in [2.05, 4.69) is 5.32 Å². The molecular formula is C10H18N2O4. The van der Waals surface area contributed by atoms with Crippen LogP contribution < -0.4 is 5.32 Å². The molecule has 2 unspecified atom stereocenters. The number of nitrogens with zero attached hydrogens (tertiary/aromatic N) is 1. The largest absolute Gasteiger partial charge is 0.481 e. The van der Waals surface area contributed by atoms with E-state index in [1.165, 1.54) is 0 Å². The number of carboxylic acids is 1. The van der Waals surface area contributed by atoms with Crippen LogP contribution in [0.2, 0.25) is 0 Å². The second-order valence-electron chi connectivity index (χ2n) is 4.02. The lowest BCUT2D eigenvalue weighted by Gasteiger charge is -2.24. The molecule has 0 saturated carbocycles. The van der Waals surface area contributed by atoms with Gasteiger partial charge in [-0.1, -0.05) is 0 Å². The van der Waals surface area contributed by atoms with Crippen molar-refractivity contribution in [2.75, 3.05) is 20.1 Å². The number of rotatable bonds is 5. The summed E-state index contributed by atoms with van der Waals surface area (Å²) in [5.74, 6) is -1.09. The van der Waals surface area contributed by atoms with Crippen molar-refractivity contribution >= 4 is 11.9 Å². The second-order valence-corrected chi connectivity index (χ2v) is 4.02. The summed E-state index contributed by atoms with van der Waals surface area (Å²) in [6, 6.07) is -0.228. The van der Waals surface area contributed by atoms with Crippen LogP contribution in [0.1, 0.15) is 19.3 Å². The van der Waals surface area contributed by atoms with Crippen LogP contribution >= 0.6 is 0 Å². The van der Waals surface area contributed by atoms with Gasteiger partial charge in [0.1, 0.15) is 0 Å². The molecule has 1 rings (SSSR count). The zero-order valence-electron chi connectivity index (χ0n) is 9.35. The summed E-state index contributed by atoms with van der Waals surface area (Å²) in [5, 5.41) is 20.6. The molecule has 1 heterocycles. The summed E-state index contributed by atoms with van der Waals surface area (Å²) in [6.07, 6.45) is 0.469. The van der Waals surface area contributed by atoms with Crippen LogP contribution in [0.5, 0.6) is 0 Å². The fourth-order valence-corrected chi connectivity index (χ4v) is 2.05. The number of likely N-dealkylation sites (tertiary alicyclic amines) is 1. The molecule has 1 amide bonds. The minimum atomic E-state index is -1.02. The predicted molar refractivity (Wildman–Crippen MR) is 56.9 cm³/mol. The number of amides is 1. The van der Waals surface area contributed by atoms with Gasteiger partial charge in [-0.2, -0.15) is 0 Å². The van der Waals surface area contributed by atoms with Crippen LogP contribution in [0.15, 0.2) is 0 Å². The van der Waals surface area contributed by atoms with Crippen LogP contribution in [0, 0.1) is 0 Å². The van der Waals surface area contributed by atoms with E-state index < -0.39 is 12.1 Å². The normalized spacial score (nSPS) is 23.0. The molecular weight excluding hydrogens is 212 g/mol. The summed E-state index contributed by atoms with van der Waals surface area (Å²) >= 11 is 0. The number of aliphatic hydroxyl groups is 1. The van der Waals surface area contributed by atoms with E-state index in [0.717, 1.165) is 19.4 Å². The Morgan fingerprint density at radius 3 is 2.81 bits per heavy atom. The average Bonchev–Trinajstić information content (AvgIpc) is 2.63. The van der Waals surface area contributed by atoms with Gasteiger partial charge in [-0.25, -0.2) is 0 Å². The number of aliphatic carboxylic acids is 1. The molecule has 1 aliphatic heterocycles. The lowest BCUT2D eigenvalue weighted by molar-refractivity contribution is -0.139. The first-order chi connectivity index (χ1) is 7.54. The average molecular weight is 230 g/mol. The van der Waals surface area contributed by atoms with Crippen molar-refractivity contribution in [1.29, 1.82) is 0 Å². The highest BCUT2D eigenvalue weighted by molar-refractivity contribution is 5.81. The Kier molecular flexibility index (Phi) is 4.70. The van der Waals surface area contributed by atoms with Crippen molar-refractivity contribution in [2.24, 2.45) is 0 Å². The fraction of sp³-hybridized carbons (Fsp3) is 0.800. The summed E-state index contributed by atoms with van der Waals surface area (Å²) in [5.41, 5.74) is 0. The van der Waals surface area contributed by atoms with E-state index in [9.17, 15) is 14.7 Å². The van der Waals surface area contributed by atoms with Gasteiger partial charge in [0.15, 0.2) is 0 Å². The Bertz CT molecular complexity index is 270. The van der Waals surface area contributed by atoms with Crippen molar-refractivity contribution in [3.05, 3.63) is 0 Å². The van der Waals surface area contributed by atoms with E-state index in [1.54, 1.807) is 7.05 Å². The molecule has 0 bridgehead atoms. The summed E-state index contributed by atoms with van der Waals surface area (Å²) in [6.45, 7) is 0.971. The molecule has 92 valence electrons. The van der Waals surface area contributed by atoms with Crippen LogP contribution in [-0.4, -0.2) is 59.3 Å². The van der Waals surface area contributed by atoms with Gasteiger partial charge in [-0.05, 0) is 19.4 Å². The Labute approximate surface area is 94.2 Å². The van der Waals surface area contributed by atoms with Gasteiger partial charge in [0.05, 0.1) is 18.6 Å². The quantitative estimate of drug-likeness (QED) is 0.565. The van der Waals surface area contributed by atoms with Gasteiger partial charge < -0.3 is 15.5 Å². The standard InChI is InChI=1S/C10H18N2O4/c1-11-10(16)8-3-2-4-12(8)6-7(13)5-9(14)15/h7-8,13H,2-6H2,1H3,(H,11,16)(H,14,15). The maximum absolute atomic E-state index is 11.5. The van der Waals surface area contributed by atoms with Crippen LogP contribution in [0.25, 0.3) is 0 Å². The van der Waals surface area contributed by atoms with E-state index in [-0.39, 0.29) is 24.9 Å². The molecule has 6 nitrogen and oxygen atoms in total. The molecule has 2 atom stereocenters. The van der Waals surface area contributed by atoms with Gasteiger partial charge in [-0.3, -0.25) is 14.5 Å². The zero-order valence-corrected chi connectivity index (χ0v) is 9.35. The molecule has 1 fully saturated rings. The monoisotopic (exact) mass is 230 g/mol. The number of likely N-dealkylation sites (N-methyl/N-ethyl adjacent to an activating group) is 1. The lowest BCUT2D eigenvalue weighted by atomic mass is 10.2. The molecule has 0 radical (unpaired) electrons. The molecule has 0 aromatic heterocycles. The Morgan fingerprint density at radius 2 is 2.25 bits per heavy atom. The van der Waals surface area contributed by atoms with Crippen LogP contribution in [0.3, 0.4) is 0 Å². The van der Waals surface area contributed by atoms with Crippen molar-refractivity contribution in [3.8, 4) is 0 Å². The van der Waals surface area contributed by atoms with E-state index in [0.29, 0.717) is 0 Å². The highest BCUT2D eigenvalue weighted by Gasteiger charge is 2.31. The highest BCUT2D eigenvalue weighted by atomic mass is 16.4. The number of nitrogens with one attached hydrogen (secondary N) is 1. The Hall–Kier alpha value is -1.14. The van der Waals surface area contributed by atoms with Crippen molar-refractivity contribution < 1.29 is 19.8 Å². The minimum Gasteiger partial charge on any atom is -0.481 e. The van der Waals surface area contributed by atoms with Gasteiger partial charge in [0.2, 0.25) is 5.91 Å². The van der Waals surface area contributed by atoms with Crippen molar-refractivity contribution in [3.63, 3.8) is 0 Å². The number of hydrogen-bond acceptors (Lipinski definition) is 4. The van der Waals surface area contributed by atoms with Gasteiger partial charge in [0, 0.05) is 13.6 Å². The first-order valence-electron chi connectivity index (χ1n) is 5.40. The van der Waals surface area contributed by atoms with Crippen LogP contribution in [-0.2, 0) is 9.59 Å². The third-order valence-corrected chi connectivity index (χ3v) is 2.77. The van der Waals surface area contributed by atoms with Crippen LogP contribution in [0.4, 0.5) is 0 Å². The maximum atomic E-state index is 11.5. The first-order valence-corrected chi connectivity index (χ1v) is 5.40. The third-order valence-electron chi connectivity index (χ3n) is 2.77. The number of carboxylic acid groups (broad SMARTS) is 1. The smallest absolute Gasteiger partial charge is 0.306 e. The van der Waals surface area contributed by atoms with E-state index in [4.69, 9.17) is 5.11 Å². The highest BCUT2D eigenvalue weighted by Crippen LogP contribution is 2.17. The number of carbonyl (C=O) groups excluding carboxylic acids is 1. The van der Waals surface area contributed by atoms with E-state index in [1.807, 2.05) is 4.90 Å². The molecule has 1 aliphatic rings. The molecule has 6 heteroatoms. The first kappa shape index (κ1) is 12.9. The molecule has 0 aromatic carbocycles. The number of aliphatic hydroxyl groups excluding tert-OH is 1. The molecule has 3 N–H and O–H groups in total.